The predicted octanol–water partition coefficient (Wildman–Crippen LogP) is 2.17. The summed E-state index contributed by atoms with van der Waals surface area (Å²) in [6, 6.07) is 14.2. The molecule has 6 nitrogen and oxygen atoms in total. The molecule has 0 aliphatic carbocycles. The van der Waals surface area contributed by atoms with E-state index in [0.29, 0.717) is 6.61 Å². The van der Waals surface area contributed by atoms with E-state index in [4.69, 9.17) is 9.72 Å². The number of morpholine rings is 1. The lowest BCUT2D eigenvalue weighted by Gasteiger charge is -2.33. The van der Waals surface area contributed by atoms with Crippen LogP contribution in [0.2, 0.25) is 0 Å². The van der Waals surface area contributed by atoms with Gasteiger partial charge in [0.2, 0.25) is 0 Å². The summed E-state index contributed by atoms with van der Waals surface area (Å²) in [6.45, 7) is 3.11. The van der Waals surface area contributed by atoms with Crippen molar-refractivity contribution in [1.82, 2.24) is 19.7 Å². The van der Waals surface area contributed by atoms with Gasteiger partial charge in [0, 0.05) is 38.1 Å². The minimum absolute atomic E-state index is 0.112. The van der Waals surface area contributed by atoms with E-state index in [-0.39, 0.29) is 6.10 Å². The van der Waals surface area contributed by atoms with Crippen LogP contribution in [0.5, 0.6) is 0 Å². The van der Waals surface area contributed by atoms with E-state index in [1.54, 1.807) is 6.20 Å². The molecule has 4 rings (SSSR count). The first-order chi connectivity index (χ1) is 12.4. The molecule has 1 unspecified atom stereocenters. The Kier molecular flexibility index (Phi) is 4.70. The Morgan fingerprint density at radius 2 is 2.00 bits per heavy atom. The van der Waals surface area contributed by atoms with Gasteiger partial charge in [-0.1, -0.05) is 30.3 Å². The summed E-state index contributed by atoms with van der Waals surface area (Å²) >= 11 is 0. The number of nitrogens with zero attached hydrogens (tertiary/aromatic N) is 5. The SMILES string of the molecule is c1ccc(Cc2nccc(N3CCOC(Cn4cccn4)C3)n2)cc1. The van der Waals surface area contributed by atoms with Gasteiger partial charge in [-0.25, -0.2) is 9.97 Å². The van der Waals surface area contributed by atoms with Gasteiger partial charge in [-0.3, -0.25) is 4.68 Å². The number of hydrogen-bond donors (Lipinski definition) is 0. The van der Waals surface area contributed by atoms with Gasteiger partial charge in [0.15, 0.2) is 0 Å². The van der Waals surface area contributed by atoms with Crippen LogP contribution in [0.3, 0.4) is 0 Å². The van der Waals surface area contributed by atoms with E-state index in [1.807, 2.05) is 47.4 Å². The lowest BCUT2D eigenvalue weighted by molar-refractivity contribution is 0.0271. The van der Waals surface area contributed by atoms with Crippen LogP contribution < -0.4 is 4.90 Å². The van der Waals surface area contributed by atoms with Crippen LogP contribution in [0.15, 0.2) is 61.1 Å². The standard InChI is InChI=1S/C19H21N5O/c1-2-5-16(6-3-1)13-18-20-9-7-19(22-18)23-11-12-25-17(14-23)15-24-10-4-8-21-24/h1-10,17H,11-15H2. The maximum atomic E-state index is 5.88. The first-order valence-electron chi connectivity index (χ1n) is 8.57. The Balaban J connectivity index is 1.44. The highest BCUT2D eigenvalue weighted by molar-refractivity contribution is 5.38. The van der Waals surface area contributed by atoms with Gasteiger partial charge in [-0.15, -0.1) is 0 Å². The van der Waals surface area contributed by atoms with Gasteiger partial charge in [0.25, 0.3) is 0 Å². The maximum Gasteiger partial charge on any atom is 0.135 e. The van der Waals surface area contributed by atoms with E-state index in [2.05, 4.69) is 27.1 Å². The zero-order chi connectivity index (χ0) is 16.9. The van der Waals surface area contributed by atoms with E-state index in [1.165, 1.54) is 5.56 Å². The summed E-state index contributed by atoms with van der Waals surface area (Å²) in [5.74, 6) is 1.81. The number of rotatable bonds is 5. The molecule has 0 amide bonds. The molecule has 6 heteroatoms. The van der Waals surface area contributed by atoms with E-state index < -0.39 is 0 Å². The summed E-state index contributed by atoms with van der Waals surface area (Å²) in [4.78, 5) is 11.5. The van der Waals surface area contributed by atoms with E-state index >= 15 is 0 Å². The molecule has 0 bridgehead atoms. The molecule has 128 valence electrons. The van der Waals surface area contributed by atoms with E-state index in [0.717, 1.165) is 37.7 Å². The average Bonchev–Trinajstić information content (AvgIpc) is 3.16. The Morgan fingerprint density at radius 3 is 2.84 bits per heavy atom. The second-order valence-electron chi connectivity index (χ2n) is 6.16. The number of hydrogen-bond acceptors (Lipinski definition) is 5. The molecule has 0 spiro atoms. The first kappa shape index (κ1) is 15.8. The highest BCUT2D eigenvalue weighted by Gasteiger charge is 2.22. The number of aromatic nitrogens is 4. The van der Waals surface area contributed by atoms with E-state index in [9.17, 15) is 0 Å². The van der Waals surface area contributed by atoms with Crippen molar-refractivity contribution in [1.29, 1.82) is 0 Å². The first-order valence-corrected chi connectivity index (χ1v) is 8.57. The van der Waals surface area contributed by atoms with Gasteiger partial charge in [-0.05, 0) is 17.7 Å². The predicted molar refractivity (Wildman–Crippen MR) is 95.5 cm³/mol. The minimum atomic E-state index is 0.112. The molecule has 2 aromatic heterocycles. The van der Waals surface area contributed by atoms with Crippen LogP contribution in [0.25, 0.3) is 0 Å². The number of anilines is 1. The molecular weight excluding hydrogens is 314 g/mol. The Labute approximate surface area is 147 Å². The fraction of sp³-hybridized carbons (Fsp3) is 0.316. The molecule has 1 atom stereocenters. The van der Waals surface area contributed by atoms with Crippen molar-refractivity contribution in [2.45, 2.75) is 19.1 Å². The molecule has 0 N–H and O–H groups in total. The molecule has 0 radical (unpaired) electrons. The van der Waals surface area contributed by atoms with Crippen LogP contribution in [0.1, 0.15) is 11.4 Å². The van der Waals surface area contributed by atoms with Crippen molar-refractivity contribution in [3.05, 3.63) is 72.4 Å². The molecule has 3 aromatic rings. The van der Waals surface area contributed by atoms with Gasteiger partial charge in [0.1, 0.15) is 11.6 Å². The van der Waals surface area contributed by atoms with Crippen LogP contribution in [0, 0.1) is 0 Å². The second kappa shape index (κ2) is 7.44. The molecular formula is C19H21N5O. The molecule has 1 aliphatic rings. The van der Waals surface area contributed by atoms with Crippen LogP contribution in [0.4, 0.5) is 5.82 Å². The van der Waals surface area contributed by atoms with Crippen molar-refractivity contribution in [2.24, 2.45) is 0 Å². The molecule has 1 aromatic carbocycles. The second-order valence-corrected chi connectivity index (χ2v) is 6.16. The summed E-state index contributed by atoms with van der Waals surface area (Å²) in [5.41, 5.74) is 1.22. The average molecular weight is 335 g/mol. The van der Waals surface area contributed by atoms with Crippen molar-refractivity contribution >= 4 is 5.82 Å². The zero-order valence-electron chi connectivity index (χ0n) is 14.0. The zero-order valence-corrected chi connectivity index (χ0v) is 14.0. The normalized spacial score (nSPS) is 17.6. The Morgan fingerprint density at radius 1 is 1.08 bits per heavy atom. The minimum Gasteiger partial charge on any atom is -0.373 e. The van der Waals surface area contributed by atoms with Gasteiger partial charge >= 0.3 is 0 Å². The molecule has 3 heterocycles. The van der Waals surface area contributed by atoms with Crippen molar-refractivity contribution in [2.75, 3.05) is 24.6 Å². The summed E-state index contributed by atoms with van der Waals surface area (Å²) in [6.07, 6.45) is 6.46. The van der Waals surface area contributed by atoms with Crippen LogP contribution in [-0.2, 0) is 17.7 Å². The topological polar surface area (TPSA) is 56.1 Å². The van der Waals surface area contributed by atoms with Crippen molar-refractivity contribution in [3.63, 3.8) is 0 Å². The summed E-state index contributed by atoms with van der Waals surface area (Å²) in [5, 5.41) is 4.26. The molecule has 1 fully saturated rings. The smallest absolute Gasteiger partial charge is 0.135 e. The monoisotopic (exact) mass is 335 g/mol. The lowest BCUT2D eigenvalue weighted by Crippen LogP contribution is -2.44. The third kappa shape index (κ3) is 4.03. The molecule has 1 aliphatic heterocycles. The number of ether oxygens (including phenoxy) is 1. The Hall–Kier alpha value is -2.73. The molecule has 1 saturated heterocycles. The fourth-order valence-electron chi connectivity index (χ4n) is 3.08. The summed E-state index contributed by atoms with van der Waals surface area (Å²) in [7, 11) is 0. The van der Waals surface area contributed by atoms with Gasteiger partial charge in [0.05, 0.1) is 19.3 Å². The van der Waals surface area contributed by atoms with Gasteiger partial charge < -0.3 is 9.64 Å². The van der Waals surface area contributed by atoms with Crippen LogP contribution >= 0.6 is 0 Å². The Bertz CT molecular complexity index is 791. The highest BCUT2D eigenvalue weighted by atomic mass is 16.5. The fourth-order valence-corrected chi connectivity index (χ4v) is 3.08. The van der Waals surface area contributed by atoms with Crippen molar-refractivity contribution in [3.8, 4) is 0 Å². The third-order valence-electron chi connectivity index (χ3n) is 4.31. The van der Waals surface area contributed by atoms with Crippen LogP contribution in [-0.4, -0.2) is 45.5 Å². The maximum absolute atomic E-state index is 5.88. The quantitative estimate of drug-likeness (QED) is 0.715. The summed E-state index contributed by atoms with van der Waals surface area (Å²) < 4.78 is 7.79. The number of benzene rings is 1. The lowest BCUT2D eigenvalue weighted by atomic mass is 10.1. The van der Waals surface area contributed by atoms with Crippen molar-refractivity contribution < 1.29 is 4.74 Å². The largest absolute Gasteiger partial charge is 0.373 e. The molecule has 0 saturated carbocycles. The molecule has 25 heavy (non-hydrogen) atoms. The highest BCUT2D eigenvalue weighted by Crippen LogP contribution is 2.17. The van der Waals surface area contributed by atoms with Gasteiger partial charge in [-0.2, -0.15) is 5.10 Å². The third-order valence-corrected chi connectivity index (χ3v) is 4.31.